The van der Waals surface area contributed by atoms with Crippen LogP contribution in [0.25, 0.3) is 0 Å². The van der Waals surface area contributed by atoms with Crippen molar-refractivity contribution in [2.75, 3.05) is 19.7 Å². The molecule has 0 saturated carbocycles. The van der Waals surface area contributed by atoms with E-state index in [1.54, 1.807) is 0 Å². The first-order valence-corrected chi connectivity index (χ1v) is 6.18. The molecule has 0 aromatic carbocycles. The Morgan fingerprint density at radius 2 is 1.89 bits per heavy atom. The summed E-state index contributed by atoms with van der Waals surface area (Å²) in [7, 11) is 0. The molecule has 2 rings (SSSR count). The fourth-order valence-corrected chi connectivity index (χ4v) is 2.65. The number of carbonyl (C=O) groups excluding carboxylic acids is 1. The smallest absolute Gasteiger partial charge is 0.376 e. The van der Waals surface area contributed by atoms with E-state index in [2.05, 4.69) is 10.6 Å². The van der Waals surface area contributed by atoms with Gasteiger partial charge < -0.3 is 15.4 Å². The van der Waals surface area contributed by atoms with E-state index >= 15 is 0 Å². The molecule has 0 aromatic heterocycles. The zero-order chi connectivity index (χ0) is 13.2. The van der Waals surface area contributed by atoms with Crippen molar-refractivity contribution in [2.45, 2.75) is 37.6 Å². The van der Waals surface area contributed by atoms with Crippen LogP contribution in [-0.4, -0.2) is 43.9 Å². The van der Waals surface area contributed by atoms with Gasteiger partial charge in [0.1, 0.15) is 0 Å². The van der Waals surface area contributed by atoms with Crippen LogP contribution in [0.5, 0.6) is 0 Å². The molecule has 0 aliphatic carbocycles. The van der Waals surface area contributed by atoms with E-state index in [4.69, 9.17) is 4.74 Å². The number of piperidine rings is 1. The van der Waals surface area contributed by atoms with Crippen LogP contribution in [0.2, 0.25) is 0 Å². The van der Waals surface area contributed by atoms with Gasteiger partial charge in [0.25, 0.3) is 0 Å². The van der Waals surface area contributed by atoms with Crippen LogP contribution >= 0.6 is 0 Å². The first kappa shape index (κ1) is 13.6. The highest BCUT2D eigenvalue weighted by atomic mass is 19.4. The van der Waals surface area contributed by atoms with Gasteiger partial charge in [0.05, 0.1) is 12.1 Å². The second-order valence-electron chi connectivity index (χ2n) is 4.79. The van der Waals surface area contributed by atoms with Crippen molar-refractivity contribution in [1.82, 2.24) is 10.6 Å². The molecule has 2 N–H and O–H groups in total. The molecule has 2 atom stereocenters. The Balaban J connectivity index is 1.93. The van der Waals surface area contributed by atoms with E-state index in [-0.39, 0.29) is 12.0 Å². The lowest BCUT2D eigenvalue weighted by atomic mass is 9.88. The molecule has 7 heteroatoms. The summed E-state index contributed by atoms with van der Waals surface area (Å²) in [4.78, 5) is 10.9. The van der Waals surface area contributed by atoms with Crippen LogP contribution in [-0.2, 0) is 9.53 Å². The molecule has 2 heterocycles. The number of amides is 1. The fourth-order valence-electron chi connectivity index (χ4n) is 2.65. The highest BCUT2D eigenvalue weighted by Gasteiger charge is 2.43. The minimum Gasteiger partial charge on any atom is -0.376 e. The summed E-state index contributed by atoms with van der Waals surface area (Å²) in [6, 6.07) is -0.512. The zero-order valence-corrected chi connectivity index (χ0v) is 9.93. The Labute approximate surface area is 103 Å². The summed E-state index contributed by atoms with van der Waals surface area (Å²) in [6.07, 6.45) is -2.89. The molecule has 2 saturated heterocycles. The molecular weight excluding hydrogens is 249 g/mol. The zero-order valence-electron chi connectivity index (χ0n) is 9.93. The summed E-state index contributed by atoms with van der Waals surface area (Å²) in [5, 5.41) is 5.25. The molecule has 18 heavy (non-hydrogen) atoms. The van der Waals surface area contributed by atoms with Gasteiger partial charge in [-0.25, -0.2) is 0 Å². The van der Waals surface area contributed by atoms with Crippen LogP contribution in [0, 0.1) is 5.92 Å². The molecule has 104 valence electrons. The molecule has 0 aromatic rings. The normalized spacial score (nSPS) is 30.4. The topological polar surface area (TPSA) is 50.4 Å². The number of hydrogen-bond acceptors (Lipinski definition) is 3. The van der Waals surface area contributed by atoms with Gasteiger partial charge >= 0.3 is 12.1 Å². The maximum Gasteiger partial charge on any atom is 0.471 e. The van der Waals surface area contributed by atoms with E-state index < -0.39 is 18.1 Å². The van der Waals surface area contributed by atoms with Gasteiger partial charge in [0, 0.05) is 6.61 Å². The second-order valence-corrected chi connectivity index (χ2v) is 4.79. The van der Waals surface area contributed by atoms with Crippen molar-refractivity contribution in [3.05, 3.63) is 0 Å². The molecule has 2 fully saturated rings. The van der Waals surface area contributed by atoms with Crippen LogP contribution in [0.3, 0.4) is 0 Å². The molecular formula is C11H17F3N2O2. The predicted octanol–water partition coefficient (Wildman–Crippen LogP) is 0.822. The number of nitrogens with one attached hydrogen (secondary N) is 2. The highest BCUT2D eigenvalue weighted by Crippen LogP contribution is 2.28. The summed E-state index contributed by atoms with van der Waals surface area (Å²) >= 11 is 0. The SMILES string of the molecule is O=C(N[C@@H]1CCO[C@@H]1C1CCNCC1)C(F)(F)F. The third-order valence-electron chi connectivity index (χ3n) is 3.56. The summed E-state index contributed by atoms with van der Waals surface area (Å²) < 4.78 is 42.1. The molecule has 0 unspecified atom stereocenters. The van der Waals surface area contributed by atoms with Gasteiger partial charge in [-0.1, -0.05) is 0 Å². The number of rotatable bonds is 2. The first-order chi connectivity index (χ1) is 8.48. The Kier molecular flexibility index (Phi) is 4.11. The molecule has 0 bridgehead atoms. The third-order valence-corrected chi connectivity index (χ3v) is 3.56. The Bertz CT molecular complexity index is 303. The summed E-state index contributed by atoms with van der Waals surface area (Å²) in [5.41, 5.74) is 0. The Morgan fingerprint density at radius 1 is 1.22 bits per heavy atom. The lowest BCUT2D eigenvalue weighted by Crippen LogP contribution is -2.49. The van der Waals surface area contributed by atoms with E-state index in [9.17, 15) is 18.0 Å². The Morgan fingerprint density at radius 3 is 2.50 bits per heavy atom. The van der Waals surface area contributed by atoms with Gasteiger partial charge in [-0.3, -0.25) is 4.79 Å². The minimum absolute atomic E-state index is 0.229. The standard InChI is InChI=1S/C11H17F3N2O2/c12-11(13,14)10(17)16-8-3-6-18-9(8)7-1-4-15-5-2-7/h7-9,15H,1-6H2,(H,16,17)/t8-,9-/m1/s1. The number of alkyl halides is 3. The van der Waals surface area contributed by atoms with Gasteiger partial charge in [-0.15, -0.1) is 0 Å². The van der Waals surface area contributed by atoms with E-state index in [1.807, 2.05) is 0 Å². The van der Waals surface area contributed by atoms with Crippen molar-refractivity contribution < 1.29 is 22.7 Å². The molecule has 2 aliphatic heterocycles. The second kappa shape index (κ2) is 5.44. The third kappa shape index (κ3) is 3.14. The average Bonchev–Trinajstić information content (AvgIpc) is 2.77. The summed E-state index contributed by atoms with van der Waals surface area (Å²) in [6.45, 7) is 2.12. The van der Waals surface area contributed by atoms with Crippen molar-refractivity contribution in [3.63, 3.8) is 0 Å². The van der Waals surface area contributed by atoms with Crippen LogP contribution in [0.1, 0.15) is 19.3 Å². The molecule has 0 radical (unpaired) electrons. The van der Waals surface area contributed by atoms with Gasteiger partial charge in [0.15, 0.2) is 0 Å². The molecule has 4 nitrogen and oxygen atoms in total. The first-order valence-electron chi connectivity index (χ1n) is 6.18. The maximum atomic E-state index is 12.2. The lowest BCUT2D eigenvalue weighted by Gasteiger charge is -2.31. The van der Waals surface area contributed by atoms with E-state index in [0.717, 1.165) is 25.9 Å². The predicted molar refractivity (Wildman–Crippen MR) is 57.9 cm³/mol. The van der Waals surface area contributed by atoms with Crippen molar-refractivity contribution in [2.24, 2.45) is 5.92 Å². The number of hydrogen-bond donors (Lipinski definition) is 2. The lowest BCUT2D eigenvalue weighted by molar-refractivity contribution is -0.174. The number of halogens is 3. The number of ether oxygens (including phenoxy) is 1. The summed E-state index contributed by atoms with van der Waals surface area (Å²) in [5.74, 6) is -1.63. The molecule has 2 aliphatic rings. The van der Waals surface area contributed by atoms with Crippen molar-refractivity contribution >= 4 is 5.91 Å². The van der Waals surface area contributed by atoms with Crippen LogP contribution < -0.4 is 10.6 Å². The minimum atomic E-state index is -4.82. The maximum absolute atomic E-state index is 12.2. The molecule has 0 spiro atoms. The van der Waals surface area contributed by atoms with Gasteiger partial charge in [0.2, 0.25) is 0 Å². The number of carbonyl (C=O) groups is 1. The van der Waals surface area contributed by atoms with E-state index in [0.29, 0.717) is 13.0 Å². The fraction of sp³-hybridized carbons (Fsp3) is 0.909. The van der Waals surface area contributed by atoms with E-state index in [1.165, 1.54) is 0 Å². The largest absolute Gasteiger partial charge is 0.471 e. The monoisotopic (exact) mass is 266 g/mol. The average molecular weight is 266 g/mol. The quantitative estimate of drug-likeness (QED) is 0.778. The van der Waals surface area contributed by atoms with Crippen molar-refractivity contribution in [3.8, 4) is 0 Å². The van der Waals surface area contributed by atoms with Gasteiger partial charge in [-0.05, 0) is 38.3 Å². The van der Waals surface area contributed by atoms with Crippen molar-refractivity contribution in [1.29, 1.82) is 0 Å². The van der Waals surface area contributed by atoms with Crippen LogP contribution in [0.4, 0.5) is 13.2 Å². The van der Waals surface area contributed by atoms with Crippen LogP contribution in [0.15, 0.2) is 0 Å². The highest BCUT2D eigenvalue weighted by molar-refractivity contribution is 5.82. The Hall–Kier alpha value is -0.820. The molecule has 1 amide bonds. The van der Waals surface area contributed by atoms with Gasteiger partial charge in [-0.2, -0.15) is 13.2 Å².